The van der Waals surface area contributed by atoms with Gasteiger partial charge in [-0.1, -0.05) is 18.2 Å². The topological polar surface area (TPSA) is 91.6 Å². The first-order valence-electron chi connectivity index (χ1n) is 6.41. The first kappa shape index (κ1) is 13.0. The highest BCUT2D eigenvalue weighted by molar-refractivity contribution is 5.98. The summed E-state index contributed by atoms with van der Waals surface area (Å²) in [5, 5.41) is 8.28. The molecular weight excluding hydrogens is 268 g/mol. The Labute approximate surface area is 121 Å². The summed E-state index contributed by atoms with van der Waals surface area (Å²) in [6, 6.07) is 9.62. The van der Waals surface area contributed by atoms with Crippen LogP contribution < -0.4 is 5.73 Å². The molecule has 7 nitrogen and oxygen atoms in total. The van der Waals surface area contributed by atoms with Gasteiger partial charge in [-0.3, -0.25) is 4.79 Å². The van der Waals surface area contributed by atoms with E-state index >= 15 is 0 Å². The second-order valence-corrected chi connectivity index (χ2v) is 4.63. The summed E-state index contributed by atoms with van der Waals surface area (Å²) < 4.78 is 2.81. The number of nitrogens with zero attached hydrogens (tertiary/aromatic N) is 5. The Kier molecular flexibility index (Phi) is 3.02. The van der Waals surface area contributed by atoms with Gasteiger partial charge in [-0.25, -0.2) is 4.68 Å². The molecule has 0 aliphatic rings. The molecule has 2 N–H and O–H groups in total. The van der Waals surface area contributed by atoms with Crippen LogP contribution >= 0.6 is 0 Å². The minimum Gasteiger partial charge on any atom is -0.368 e. The van der Waals surface area contributed by atoms with Gasteiger partial charge in [0, 0.05) is 0 Å². The van der Waals surface area contributed by atoms with Crippen molar-refractivity contribution < 1.29 is 4.79 Å². The molecule has 0 atom stereocenters. The van der Waals surface area contributed by atoms with Gasteiger partial charge in [0.05, 0.1) is 22.6 Å². The average Bonchev–Trinajstić information content (AvgIpc) is 3.03. The van der Waals surface area contributed by atoms with Crippen molar-refractivity contribution >= 4 is 11.9 Å². The zero-order valence-corrected chi connectivity index (χ0v) is 11.7. The number of para-hydroxylation sites is 1. The number of aryl methyl sites for hydroxylation is 1. The number of aromatic nitrogens is 5. The lowest BCUT2D eigenvalue weighted by atomic mass is 10.2. The van der Waals surface area contributed by atoms with Gasteiger partial charge in [0.1, 0.15) is 6.33 Å². The summed E-state index contributed by atoms with van der Waals surface area (Å²) in [5.74, 6) is -0.270. The van der Waals surface area contributed by atoms with E-state index in [9.17, 15) is 4.79 Å². The second-order valence-electron chi connectivity index (χ2n) is 4.63. The predicted octanol–water partition coefficient (Wildman–Crippen LogP) is 1.35. The van der Waals surface area contributed by atoms with Crippen molar-refractivity contribution in [3.8, 4) is 5.69 Å². The Morgan fingerprint density at radius 1 is 1.19 bits per heavy atom. The van der Waals surface area contributed by atoms with E-state index in [1.165, 1.54) is 6.33 Å². The third-order valence-corrected chi connectivity index (χ3v) is 3.27. The lowest BCUT2D eigenvalue weighted by Gasteiger charge is -2.05. The third-order valence-electron chi connectivity index (χ3n) is 3.27. The van der Waals surface area contributed by atoms with Crippen molar-refractivity contribution in [2.24, 2.45) is 0 Å². The number of benzene rings is 1. The molecule has 0 unspecified atom stereocenters. The molecule has 2 heterocycles. The summed E-state index contributed by atoms with van der Waals surface area (Å²) in [5.41, 5.74) is 8.37. The molecule has 106 valence electrons. The van der Waals surface area contributed by atoms with E-state index in [1.807, 2.05) is 37.3 Å². The Balaban J connectivity index is 2.11. The van der Waals surface area contributed by atoms with Crippen LogP contribution in [0.15, 0.2) is 36.7 Å². The number of nitrogens with two attached hydrogens (primary N) is 1. The zero-order chi connectivity index (χ0) is 15.0. The fourth-order valence-electron chi connectivity index (χ4n) is 2.29. The van der Waals surface area contributed by atoms with Crippen LogP contribution in [0.3, 0.4) is 0 Å². The molecule has 3 rings (SSSR count). The highest BCUT2D eigenvalue weighted by atomic mass is 16.2. The smallest absolute Gasteiger partial charge is 0.285 e. The number of carbonyl (C=O) groups excluding carboxylic acids is 1. The average molecular weight is 282 g/mol. The van der Waals surface area contributed by atoms with Crippen LogP contribution in [0, 0.1) is 13.8 Å². The fraction of sp³-hybridized carbons (Fsp3) is 0.143. The molecule has 3 aromatic rings. The monoisotopic (exact) mass is 282 g/mol. The number of rotatable bonds is 2. The largest absolute Gasteiger partial charge is 0.368 e. The number of anilines is 1. The fourth-order valence-corrected chi connectivity index (χ4v) is 2.29. The summed E-state index contributed by atoms with van der Waals surface area (Å²) in [6.07, 6.45) is 1.25. The highest BCUT2D eigenvalue weighted by Gasteiger charge is 2.22. The molecule has 0 saturated heterocycles. The normalized spacial score (nSPS) is 10.8. The Morgan fingerprint density at radius 2 is 1.90 bits per heavy atom. The summed E-state index contributed by atoms with van der Waals surface area (Å²) in [7, 11) is 0. The van der Waals surface area contributed by atoms with E-state index in [-0.39, 0.29) is 11.9 Å². The van der Waals surface area contributed by atoms with Crippen molar-refractivity contribution in [1.29, 1.82) is 0 Å². The van der Waals surface area contributed by atoms with Gasteiger partial charge in [-0.15, -0.1) is 0 Å². The maximum Gasteiger partial charge on any atom is 0.285 e. The number of hydrogen-bond acceptors (Lipinski definition) is 5. The van der Waals surface area contributed by atoms with Crippen molar-refractivity contribution in [2.75, 3.05) is 5.73 Å². The van der Waals surface area contributed by atoms with Gasteiger partial charge < -0.3 is 5.73 Å². The van der Waals surface area contributed by atoms with Crippen LogP contribution in [0.2, 0.25) is 0 Å². The van der Waals surface area contributed by atoms with Crippen LogP contribution in [-0.4, -0.2) is 30.5 Å². The summed E-state index contributed by atoms with van der Waals surface area (Å²) >= 11 is 0. The maximum absolute atomic E-state index is 12.5. The van der Waals surface area contributed by atoms with Crippen molar-refractivity contribution in [3.05, 3.63) is 53.6 Å². The van der Waals surface area contributed by atoms with E-state index in [1.54, 1.807) is 11.6 Å². The van der Waals surface area contributed by atoms with Crippen molar-refractivity contribution in [1.82, 2.24) is 24.5 Å². The molecule has 2 aromatic heterocycles. The van der Waals surface area contributed by atoms with E-state index < -0.39 is 0 Å². The molecule has 0 bridgehead atoms. The quantitative estimate of drug-likeness (QED) is 0.766. The Hall–Kier alpha value is -2.96. The zero-order valence-electron chi connectivity index (χ0n) is 11.7. The molecule has 0 aliphatic heterocycles. The first-order valence-corrected chi connectivity index (χ1v) is 6.41. The minimum absolute atomic E-state index is 0.0614. The summed E-state index contributed by atoms with van der Waals surface area (Å²) in [4.78, 5) is 16.3. The SMILES string of the molecule is Cc1nn(-c2ccccc2)c(C)c1C(=O)n1ncnc1N. The third kappa shape index (κ3) is 2.08. The van der Waals surface area contributed by atoms with Gasteiger partial charge >= 0.3 is 0 Å². The molecule has 0 aliphatic carbocycles. The van der Waals surface area contributed by atoms with Gasteiger partial charge in [-0.05, 0) is 26.0 Å². The lowest BCUT2D eigenvalue weighted by molar-refractivity contribution is 0.0946. The number of carbonyl (C=O) groups is 1. The van der Waals surface area contributed by atoms with Crippen LogP contribution in [0.1, 0.15) is 21.7 Å². The molecular formula is C14H14N6O. The van der Waals surface area contributed by atoms with Crippen LogP contribution in [0.5, 0.6) is 0 Å². The summed E-state index contributed by atoms with van der Waals surface area (Å²) in [6.45, 7) is 3.63. The molecule has 0 saturated carbocycles. The Morgan fingerprint density at radius 3 is 2.52 bits per heavy atom. The van der Waals surface area contributed by atoms with Gasteiger partial charge in [0.15, 0.2) is 0 Å². The standard InChI is InChI=1S/C14H14N6O/c1-9-12(13(21)20-14(15)16-8-17-20)10(2)19(18-9)11-6-4-3-5-7-11/h3-8H,1-2H3,(H2,15,16,17). The van der Waals surface area contributed by atoms with Gasteiger partial charge in [0.25, 0.3) is 5.91 Å². The van der Waals surface area contributed by atoms with E-state index in [0.717, 1.165) is 16.1 Å². The number of hydrogen-bond donors (Lipinski definition) is 1. The predicted molar refractivity (Wildman–Crippen MR) is 77.2 cm³/mol. The lowest BCUT2D eigenvalue weighted by Crippen LogP contribution is -2.18. The van der Waals surface area contributed by atoms with E-state index in [2.05, 4.69) is 15.2 Å². The van der Waals surface area contributed by atoms with E-state index in [4.69, 9.17) is 5.73 Å². The molecule has 7 heteroatoms. The maximum atomic E-state index is 12.5. The molecule has 0 radical (unpaired) electrons. The van der Waals surface area contributed by atoms with Crippen molar-refractivity contribution in [3.63, 3.8) is 0 Å². The van der Waals surface area contributed by atoms with Crippen LogP contribution in [0.25, 0.3) is 5.69 Å². The number of nitrogen functional groups attached to an aromatic ring is 1. The molecule has 1 aromatic carbocycles. The Bertz CT molecular complexity index is 802. The van der Waals surface area contributed by atoms with E-state index in [0.29, 0.717) is 11.3 Å². The second kappa shape index (κ2) is 4.86. The first-order chi connectivity index (χ1) is 10.1. The van der Waals surface area contributed by atoms with Crippen LogP contribution in [-0.2, 0) is 0 Å². The minimum atomic E-state index is -0.331. The van der Waals surface area contributed by atoms with Crippen molar-refractivity contribution in [2.45, 2.75) is 13.8 Å². The molecule has 0 fully saturated rings. The molecule has 0 spiro atoms. The van der Waals surface area contributed by atoms with Gasteiger partial charge in [0.2, 0.25) is 5.95 Å². The van der Waals surface area contributed by atoms with Gasteiger partial charge in [-0.2, -0.15) is 19.9 Å². The molecule has 0 amide bonds. The van der Waals surface area contributed by atoms with Crippen LogP contribution in [0.4, 0.5) is 5.95 Å². The molecule has 21 heavy (non-hydrogen) atoms. The highest BCUT2D eigenvalue weighted by Crippen LogP contribution is 2.19.